The molecule has 0 radical (unpaired) electrons. The highest BCUT2D eigenvalue weighted by molar-refractivity contribution is 7.47. The SMILES string of the molecule is CCCCCCCCCCC/C=C\C/C=C\CCCCCCCCCCCCCCCC(=O)NC(COP(=O)(O)OCC[N+](C)(C)C)C(O)CCCCCCCCCCCCCCCCCCCCCCCCCCC. The predicted molar refractivity (Wildman–Crippen MR) is 332 cm³/mol. The molecule has 452 valence electrons. The molecule has 0 aromatic rings. The number of hydrogen-bond acceptors (Lipinski definition) is 5. The minimum atomic E-state index is -4.33. The lowest BCUT2D eigenvalue weighted by molar-refractivity contribution is -0.870. The number of nitrogens with zero attached hydrogens (tertiary/aromatic N) is 1. The Labute approximate surface area is 474 Å². The number of likely N-dealkylation sites (N-methyl/N-ethyl adjacent to an activating group) is 1. The fourth-order valence-electron chi connectivity index (χ4n) is 10.4. The number of phosphoric acid groups is 1. The van der Waals surface area contributed by atoms with Crippen LogP contribution in [0.3, 0.4) is 0 Å². The first-order valence-corrected chi connectivity index (χ1v) is 35.2. The molecule has 3 N–H and O–H groups in total. The predicted octanol–water partition coefficient (Wildman–Crippen LogP) is 21.1. The lowest BCUT2D eigenvalue weighted by Crippen LogP contribution is -2.46. The first-order chi connectivity index (χ1) is 37.0. The Hall–Kier alpha value is -1.02. The van der Waals surface area contributed by atoms with E-state index in [1.54, 1.807) is 0 Å². The molecule has 0 heterocycles. The van der Waals surface area contributed by atoms with E-state index in [0.29, 0.717) is 23.9 Å². The van der Waals surface area contributed by atoms with Crippen molar-refractivity contribution in [3.05, 3.63) is 24.3 Å². The van der Waals surface area contributed by atoms with Crippen molar-refractivity contribution in [1.29, 1.82) is 0 Å². The lowest BCUT2D eigenvalue weighted by Gasteiger charge is -2.26. The Morgan fingerprint density at radius 2 is 0.750 bits per heavy atom. The van der Waals surface area contributed by atoms with E-state index in [0.717, 1.165) is 44.9 Å². The zero-order chi connectivity index (χ0) is 55.6. The summed E-state index contributed by atoms with van der Waals surface area (Å²) in [4.78, 5) is 23.4. The molecule has 3 unspecified atom stereocenters. The van der Waals surface area contributed by atoms with Crippen LogP contribution in [0.4, 0.5) is 0 Å². The summed E-state index contributed by atoms with van der Waals surface area (Å²) in [5.74, 6) is -0.139. The Morgan fingerprint density at radius 3 is 1.08 bits per heavy atom. The van der Waals surface area contributed by atoms with Crippen LogP contribution in [0.15, 0.2) is 24.3 Å². The third-order valence-electron chi connectivity index (χ3n) is 15.7. The van der Waals surface area contributed by atoms with E-state index in [2.05, 4.69) is 43.5 Å². The van der Waals surface area contributed by atoms with E-state index in [9.17, 15) is 19.4 Å². The Morgan fingerprint density at radius 1 is 0.447 bits per heavy atom. The quantitative estimate of drug-likeness (QED) is 0.0243. The molecule has 76 heavy (non-hydrogen) atoms. The zero-order valence-corrected chi connectivity index (χ0v) is 52.7. The van der Waals surface area contributed by atoms with E-state index in [1.807, 2.05) is 21.1 Å². The summed E-state index contributed by atoms with van der Waals surface area (Å²) in [5.41, 5.74) is 0. The summed E-state index contributed by atoms with van der Waals surface area (Å²) in [6.45, 7) is 4.94. The van der Waals surface area contributed by atoms with Crippen LogP contribution in [0.1, 0.15) is 348 Å². The van der Waals surface area contributed by atoms with Crippen molar-refractivity contribution >= 4 is 13.7 Å². The number of allylic oxidation sites excluding steroid dienone is 4. The van der Waals surface area contributed by atoms with Crippen LogP contribution in [0, 0.1) is 0 Å². The number of nitrogens with one attached hydrogen (secondary N) is 1. The Kier molecular flexibility index (Phi) is 57.8. The molecule has 0 aromatic carbocycles. The van der Waals surface area contributed by atoms with Crippen molar-refractivity contribution in [2.75, 3.05) is 40.9 Å². The van der Waals surface area contributed by atoms with Gasteiger partial charge in [-0.15, -0.1) is 0 Å². The van der Waals surface area contributed by atoms with Crippen LogP contribution in [-0.4, -0.2) is 73.4 Å². The molecule has 3 atom stereocenters. The van der Waals surface area contributed by atoms with Gasteiger partial charge in [-0.3, -0.25) is 13.8 Å². The van der Waals surface area contributed by atoms with Gasteiger partial charge in [-0.2, -0.15) is 0 Å². The monoisotopic (exact) mass is 1090 g/mol. The van der Waals surface area contributed by atoms with Crippen LogP contribution in [0.25, 0.3) is 0 Å². The normalized spacial score (nSPS) is 13.8. The molecule has 0 spiro atoms. The number of carbonyl (C=O) groups excluding carboxylic acids is 1. The molecule has 0 aliphatic rings. The molecule has 0 fully saturated rings. The number of quaternary nitrogens is 1. The topological polar surface area (TPSA) is 105 Å². The highest BCUT2D eigenvalue weighted by atomic mass is 31.2. The second-order valence-corrected chi connectivity index (χ2v) is 26.0. The van der Waals surface area contributed by atoms with Crippen molar-refractivity contribution in [2.24, 2.45) is 0 Å². The van der Waals surface area contributed by atoms with Gasteiger partial charge in [0.15, 0.2) is 0 Å². The van der Waals surface area contributed by atoms with Crippen LogP contribution >= 0.6 is 7.82 Å². The Bertz CT molecular complexity index is 1290. The average Bonchev–Trinajstić information content (AvgIpc) is 3.38. The maximum Gasteiger partial charge on any atom is 0.472 e. The average molecular weight is 1090 g/mol. The van der Waals surface area contributed by atoms with Crippen molar-refractivity contribution < 1.29 is 32.9 Å². The number of aliphatic hydroxyl groups is 1. The number of unbranched alkanes of at least 4 members (excludes halogenated alkanes) is 46. The van der Waals surface area contributed by atoms with Gasteiger partial charge in [-0.25, -0.2) is 4.57 Å². The third-order valence-corrected chi connectivity index (χ3v) is 16.7. The van der Waals surface area contributed by atoms with Crippen LogP contribution in [-0.2, 0) is 18.4 Å². The van der Waals surface area contributed by atoms with Gasteiger partial charge in [0.25, 0.3) is 0 Å². The van der Waals surface area contributed by atoms with E-state index in [-0.39, 0.29) is 19.1 Å². The lowest BCUT2D eigenvalue weighted by atomic mass is 10.0. The van der Waals surface area contributed by atoms with Crippen molar-refractivity contribution in [3.63, 3.8) is 0 Å². The molecule has 0 aliphatic heterocycles. The Balaban J connectivity index is 4.05. The van der Waals surface area contributed by atoms with Crippen LogP contribution in [0.2, 0.25) is 0 Å². The largest absolute Gasteiger partial charge is 0.472 e. The number of amides is 1. The standard InChI is InChI=1S/C67H133N2O6P/c1-6-8-10-12-14-16-18-20-22-24-26-28-30-32-33-34-35-37-39-41-43-45-47-49-51-53-55-57-59-61-67(71)68-65(64-75-76(72,73)74-63-62-69(3,4)5)66(70)60-58-56-54-52-50-48-46-44-42-40-38-36-31-29-27-25-23-21-19-17-15-13-11-9-7-2/h26,28,32-33,65-66,70H,6-25,27,29-31,34-64H2,1-5H3,(H-,68,71,72,73)/p+1/b28-26-,33-32-. The fraction of sp³-hybridized carbons (Fsp3) is 0.925. The highest BCUT2D eigenvalue weighted by Crippen LogP contribution is 2.43. The molecular formula is C67H134N2O6P+. The van der Waals surface area contributed by atoms with Gasteiger partial charge in [-0.1, -0.05) is 321 Å². The number of phosphoric ester groups is 1. The maximum absolute atomic E-state index is 13.1. The fourth-order valence-corrected chi connectivity index (χ4v) is 11.2. The van der Waals surface area contributed by atoms with Gasteiger partial charge < -0.3 is 19.8 Å². The van der Waals surface area contributed by atoms with Crippen LogP contribution < -0.4 is 5.32 Å². The summed E-state index contributed by atoms with van der Waals surface area (Å²) in [6.07, 6.45) is 75.5. The van der Waals surface area contributed by atoms with Gasteiger partial charge in [-0.05, 0) is 44.9 Å². The van der Waals surface area contributed by atoms with Crippen molar-refractivity contribution in [2.45, 2.75) is 360 Å². The summed E-state index contributed by atoms with van der Waals surface area (Å²) >= 11 is 0. The number of carbonyl (C=O) groups is 1. The molecule has 0 bridgehead atoms. The molecule has 0 rings (SSSR count). The first-order valence-electron chi connectivity index (χ1n) is 33.7. The molecule has 9 heteroatoms. The first kappa shape index (κ1) is 75.0. The van der Waals surface area contributed by atoms with Crippen molar-refractivity contribution in [3.8, 4) is 0 Å². The highest BCUT2D eigenvalue weighted by Gasteiger charge is 2.28. The van der Waals surface area contributed by atoms with Gasteiger partial charge in [0.2, 0.25) is 5.91 Å². The smallest absolute Gasteiger partial charge is 0.391 e. The third kappa shape index (κ3) is 60.6. The van der Waals surface area contributed by atoms with Gasteiger partial charge in [0.05, 0.1) is 39.9 Å². The number of aliphatic hydroxyl groups excluding tert-OH is 1. The van der Waals surface area contributed by atoms with Gasteiger partial charge >= 0.3 is 7.82 Å². The number of hydrogen-bond donors (Lipinski definition) is 3. The summed E-state index contributed by atoms with van der Waals surface area (Å²) in [5, 5.41) is 14.1. The van der Waals surface area contributed by atoms with Crippen LogP contribution in [0.5, 0.6) is 0 Å². The minimum Gasteiger partial charge on any atom is -0.391 e. The van der Waals surface area contributed by atoms with Gasteiger partial charge in [0, 0.05) is 6.42 Å². The maximum atomic E-state index is 13.1. The summed E-state index contributed by atoms with van der Waals surface area (Å²) in [6, 6.07) is -0.761. The number of rotatable bonds is 63. The molecule has 0 saturated carbocycles. The van der Waals surface area contributed by atoms with E-state index >= 15 is 0 Å². The second-order valence-electron chi connectivity index (χ2n) is 24.6. The molecule has 0 aromatic heterocycles. The molecular weight excluding hydrogens is 960 g/mol. The van der Waals surface area contributed by atoms with Gasteiger partial charge in [0.1, 0.15) is 13.2 Å². The second kappa shape index (κ2) is 58.6. The molecule has 0 aliphatic carbocycles. The van der Waals surface area contributed by atoms with E-state index < -0.39 is 20.0 Å². The molecule has 1 amide bonds. The molecule has 8 nitrogen and oxygen atoms in total. The minimum absolute atomic E-state index is 0.0765. The molecule has 0 saturated heterocycles. The zero-order valence-electron chi connectivity index (χ0n) is 51.8. The van der Waals surface area contributed by atoms with E-state index in [4.69, 9.17) is 9.05 Å². The summed E-state index contributed by atoms with van der Waals surface area (Å²) < 4.78 is 23.9. The van der Waals surface area contributed by atoms with Crippen molar-refractivity contribution in [1.82, 2.24) is 5.32 Å². The van der Waals surface area contributed by atoms with E-state index in [1.165, 1.54) is 276 Å². The summed E-state index contributed by atoms with van der Waals surface area (Å²) in [7, 11) is 1.63.